The van der Waals surface area contributed by atoms with Crippen molar-refractivity contribution >= 4 is 5.91 Å². The van der Waals surface area contributed by atoms with Crippen LogP contribution in [0.15, 0.2) is 80.7 Å². The molecule has 5 heterocycles. The number of benzene rings is 2. The first-order chi connectivity index (χ1) is 22.3. The number of amides is 1. The number of carbonyl (C=O) groups excluding carboxylic acids is 1. The predicted octanol–water partition coefficient (Wildman–Crippen LogP) is 3.69. The van der Waals surface area contributed by atoms with Crippen LogP contribution in [0, 0.1) is 5.92 Å². The monoisotopic (exact) mass is 623 g/mol. The molecule has 4 aromatic rings. The number of aromatic nitrogens is 1. The lowest BCUT2D eigenvalue weighted by molar-refractivity contribution is -0.118. The lowest BCUT2D eigenvalue weighted by Gasteiger charge is -2.42. The number of carbonyl (C=O) groups is 1. The van der Waals surface area contributed by atoms with Gasteiger partial charge in [0.1, 0.15) is 17.3 Å². The van der Waals surface area contributed by atoms with E-state index < -0.39 is 23.0 Å². The molecule has 7 rings (SSSR count). The van der Waals surface area contributed by atoms with Crippen molar-refractivity contribution in [1.82, 2.24) is 9.47 Å². The van der Waals surface area contributed by atoms with Crippen LogP contribution in [0.25, 0.3) is 0 Å². The lowest BCUT2D eigenvalue weighted by atomic mass is 9.83. The number of primary amides is 1. The van der Waals surface area contributed by atoms with E-state index in [1.807, 2.05) is 41.0 Å². The predicted molar refractivity (Wildman–Crippen MR) is 170 cm³/mol. The van der Waals surface area contributed by atoms with E-state index in [4.69, 9.17) is 19.6 Å². The molecule has 3 atom stereocenters. The number of pyridine rings is 1. The largest absolute Gasteiger partial charge is 0.502 e. The molecule has 2 aromatic heterocycles. The van der Waals surface area contributed by atoms with E-state index in [2.05, 4.69) is 11.0 Å². The molecule has 3 N–H and O–H groups in total. The van der Waals surface area contributed by atoms with Gasteiger partial charge >= 0.3 is 0 Å². The average molecular weight is 624 g/mol. The Morgan fingerprint density at radius 1 is 1.04 bits per heavy atom. The third kappa shape index (κ3) is 6.04. The van der Waals surface area contributed by atoms with Gasteiger partial charge < -0.3 is 29.3 Å². The summed E-state index contributed by atoms with van der Waals surface area (Å²) in [6, 6.07) is 20.1. The fraction of sp³-hybridized carbons (Fsp3) is 0.361. The number of para-hydroxylation sites is 1. The number of aromatic hydroxyl groups is 1. The molecule has 1 fully saturated rings. The number of rotatable bonds is 10. The van der Waals surface area contributed by atoms with Crippen LogP contribution in [0.3, 0.4) is 0 Å². The minimum absolute atomic E-state index is 0.00919. The summed E-state index contributed by atoms with van der Waals surface area (Å²) in [6.07, 6.45) is 2.37. The summed E-state index contributed by atoms with van der Waals surface area (Å²) in [5.74, 6) is 0.327. The van der Waals surface area contributed by atoms with Gasteiger partial charge in [0.05, 0.1) is 25.7 Å². The first kappa shape index (κ1) is 29.9. The number of hydrogen-bond donors (Lipinski definition) is 2. The van der Waals surface area contributed by atoms with Crippen molar-refractivity contribution in [3.8, 4) is 17.2 Å². The highest BCUT2D eigenvalue weighted by atomic mass is 16.5. The Morgan fingerprint density at radius 3 is 2.78 bits per heavy atom. The van der Waals surface area contributed by atoms with Crippen LogP contribution in [0.2, 0.25) is 0 Å². The van der Waals surface area contributed by atoms with Gasteiger partial charge in [-0.1, -0.05) is 36.4 Å². The third-order valence-electron chi connectivity index (χ3n) is 9.35. The van der Waals surface area contributed by atoms with Gasteiger partial charge in [-0.2, -0.15) is 0 Å². The van der Waals surface area contributed by atoms with Crippen molar-refractivity contribution in [1.29, 1.82) is 0 Å². The quantitative estimate of drug-likeness (QED) is 0.273. The molecule has 0 aliphatic carbocycles. The fourth-order valence-corrected chi connectivity index (χ4v) is 7.33. The van der Waals surface area contributed by atoms with Crippen molar-refractivity contribution in [3.05, 3.63) is 121 Å². The van der Waals surface area contributed by atoms with E-state index >= 15 is 0 Å². The number of nitrogens with zero attached hydrogens (tertiary/aromatic N) is 2. The summed E-state index contributed by atoms with van der Waals surface area (Å²) in [4.78, 5) is 40.1. The van der Waals surface area contributed by atoms with Crippen molar-refractivity contribution in [2.75, 3.05) is 26.3 Å². The molecule has 238 valence electrons. The first-order valence-electron chi connectivity index (χ1n) is 15.8. The zero-order chi connectivity index (χ0) is 31.8. The van der Waals surface area contributed by atoms with E-state index in [1.165, 1.54) is 11.6 Å². The van der Waals surface area contributed by atoms with Gasteiger partial charge in [0, 0.05) is 68.2 Å². The second-order valence-corrected chi connectivity index (χ2v) is 12.6. The van der Waals surface area contributed by atoms with Crippen LogP contribution < -0.4 is 26.2 Å². The van der Waals surface area contributed by atoms with E-state index in [0.29, 0.717) is 62.3 Å². The molecule has 0 radical (unpaired) electrons. The number of hydrogen-bond acceptors (Lipinski definition) is 8. The van der Waals surface area contributed by atoms with Gasteiger partial charge in [0.2, 0.25) is 17.1 Å². The normalized spacial score (nSPS) is 19.1. The summed E-state index contributed by atoms with van der Waals surface area (Å²) < 4.78 is 20.0. The second-order valence-electron chi connectivity index (χ2n) is 12.6. The molecule has 1 saturated heterocycles. The van der Waals surface area contributed by atoms with E-state index in [-0.39, 0.29) is 23.7 Å². The fourth-order valence-electron chi connectivity index (χ4n) is 7.33. The van der Waals surface area contributed by atoms with Crippen molar-refractivity contribution in [2.24, 2.45) is 11.7 Å². The molecule has 10 nitrogen and oxygen atoms in total. The summed E-state index contributed by atoms with van der Waals surface area (Å²) >= 11 is 0. The Hall–Kier alpha value is -4.83. The Morgan fingerprint density at radius 2 is 1.91 bits per heavy atom. The van der Waals surface area contributed by atoms with Gasteiger partial charge in [-0.15, -0.1) is 0 Å². The topological polar surface area (TPSA) is 137 Å². The van der Waals surface area contributed by atoms with Gasteiger partial charge in [0.15, 0.2) is 5.76 Å². The summed E-state index contributed by atoms with van der Waals surface area (Å²) in [5, 5.41) is 11.0. The summed E-state index contributed by atoms with van der Waals surface area (Å²) in [7, 11) is 0. The number of likely N-dealkylation sites (tertiary alicyclic amines) is 1. The highest BCUT2D eigenvalue weighted by molar-refractivity contribution is 5.75. The molecule has 3 aliphatic heterocycles. The van der Waals surface area contributed by atoms with Gasteiger partial charge in [-0.25, -0.2) is 0 Å². The number of piperidine rings is 1. The maximum atomic E-state index is 13.1. The zero-order valence-corrected chi connectivity index (χ0v) is 25.5. The minimum atomic E-state index is -0.835. The highest BCUT2D eigenvalue weighted by Crippen LogP contribution is 2.39. The summed E-state index contributed by atoms with van der Waals surface area (Å²) in [5.41, 5.74) is 9.08. The van der Waals surface area contributed by atoms with E-state index in [9.17, 15) is 19.5 Å². The molecule has 2 aromatic carbocycles. The molecule has 46 heavy (non-hydrogen) atoms. The van der Waals surface area contributed by atoms with E-state index in [1.54, 1.807) is 18.2 Å². The molecule has 10 heteroatoms. The molecule has 0 spiro atoms. The lowest BCUT2D eigenvalue weighted by Crippen LogP contribution is -2.46. The maximum Gasteiger partial charge on any atom is 0.250 e. The van der Waals surface area contributed by atoms with Gasteiger partial charge in [-0.05, 0) is 41.7 Å². The number of ether oxygens (including phenoxy) is 2. The molecule has 3 aliphatic rings. The standard InChI is InChI=1S/C36H37N3O7/c37-33(41)17-28(27-4-1-2-6-32(27)45-12-10-22-8-9-31-24(14-22)11-13-44-31)36-35(43)30(40)16-26(46-36)21-38-18-23-15-25(20-38)29-5-3-7-34(42)39(29)19-23/h1-9,14,16,23,25,28,43H,10-13,15,17-21H2,(H2,37,41). The van der Waals surface area contributed by atoms with Crippen LogP contribution in [0.5, 0.6) is 17.2 Å². The van der Waals surface area contributed by atoms with Crippen LogP contribution in [-0.4, -0.2) is 46.8 Å². The maximum absolute atomic E-state index is 13.1. The Kier molecular flexibility index (Phi) is 8.12. The average Bonchev–Trinajstić information content (AvgIpc) is 3.51. The second kappa shape index (κ2) is 12.5. The number of nitrogens with two attached hydrogens (primary N) is 1. The van der Waals surface area contributed by atoms with Crippen LogP contribution in [-0.2, 0) is 30.7 Å². The highest BCUT2D eigenvalue weighted by Gasteiger charge is 2.35. The molecule has 1 amide bonds. The Balaban J connectivity index is 1.13. The summed E-state index contributed by atoms with van der Waals surface area (Å²) in [6.45, 7) is 3.53. The third-order valence-corrected chi connectivity index (χ3v) is 9.35. The molecular formula is C36H37N3O7. The zero-order valence-electron chi connectivity index (χ0n) is 25.5. The molecule has 2 bridgehead atoms. The smallest absolute Gasteiger partial charge is 0.250 e. The molecule has 0 saturated carbocycles. The van der Waals surface area contributed by atoms with E-state index in [0.717, 1.165) is 36.4 Å². The minimum Gasteiger partial charge on any atom is -0.502 e. The SMILES string of the molecule is NC(=O)CC(c1ccccc1OCCc1ccc2c(c1)CCO2)c1oc(CN2CC3CC(C2)c2cccc(=O)n2C3)cc(=O)c1O. The van der Waals surface area contributed by atoms with Crippen LogP contribution in [0.1, 0.15) is 58.6 Å². The Bertz CT molecular complexity index is 1900. The number of fused-ring (bicyclic) bond motifs is 5. The molecular weight excluding hydrogens is 586 g/mol. The van der Waals surface area contributed by atoms with Crippen molar-refractivity contribution in [2.45, 2.75) is 50.6 Å². The van der Waals surface area contributed by atoms with Crippen LogP contribution in [0.4, 0.5) is 0 Å². The van der Waals surface area contributed by atoms with Crippen molar-refractivity contribution < 1.29 is 23.8 Å². The molecule has 3 unspecified atom stereocenters. The van der Waals surface area contributed by atoms with Gasteiger partial charge in [0.25, 0.3) is 5.56 Å². The Labute approximate surface area is 266 Å². The van der Waals surface area contributed by atoms with Gasteiger partial charge in [-0.3, -0.25) is 19.3 Å². The van der Waals surface area contributed by atoms with Crippen molar-refractivity contribution in [3.63, 3.8) is 0 Å². The first-order valence-corrected chi connectivity index (χ1v) is 15.8. The van der Waals surface area contributed by atoms with Crippen LogP contribution >= 0.6 is 0 Å².